The smallest absolute Gasteiger partial charge is 0.319 e. The lowest BCUT2D eigenvalue weighted by Gasteiger charge is -2.18. The molecule has 2 N–H and O–H groups in total. The molecule has 0 aromatic heterocycles. The first-order valence-corrected chi connectivity index (χ1v) is 9.70. The normalized spacial score (nSPS) is 16.1. The standard InChI is InChI=1S/C22H27N3O3/c1-3-4-5-16-6-8-17(9-7-16)23-22(27)24-18-14-21(26)25(15-18)19-10-12-20(28-2)13-11-19/h6-13,18H,3-5,14-15H2,1-2H3,(H2,23,24,27)/t18-/m0/s1. The summed E-state index contributed by atoms with van der Waals surface area (Å²) >= 11 is 0. The summed E-state index contributed by atoms with van der Waals surface area (Å²) in [7, 11) is 1.60. The van der Waals surface area contributed by atoms with E-state index in [1.807, 2.05) is 48.5 Å². The summed E-state index contributed by atoms with van der Waals surface area (Å²) in [6.45, 7) is 2.62. The van der Waals surface area contributed by atoms with Gasteiger partial charge in [0, 0.05) is 24.3 Å². The minimum Gasteiger partial charge on any atom is -0.497 e. The second-order valence-electron chi connectivity index (χ2n) is 7.00. The van der Waals surface area contributed by atoms with Crippen molar-refractivity contribution in [2.75, 3.05) is 23.9 Å². The third-order valence-electron chi connectivity index (χ3n) is 4.88. The molecule has 6 heteroatoms. The number of benzene rings is 2. The van der Waals surface area contributed by atoms with Crippen LogP contribution in [0.5, 0.6) is 5.75 Å². The van der Waals surface area contributed by atoms with E-state index in [2.05, 4.69) is 17.6 Å². The highest BCUT2D eigenvalue weighted by Crippen LogP contribution is 2.24. The van der Waals surface area contributed by atoms with Gasteiger partial charge in [0.05, 0.1) is 13.2 Å². The lowest BCUT2D eigenvalue weighted by atomic mass is 10.1. The SMILES string of the molecule is CCCCc1ccc(NC(=O)N[C@H]2CC(=O)N(c3ccc(OC)cc3)C2)cc1. The van der Waals surface area contributed by atoms with Crippen LogP contribution in [0.25, 0.3) is 0 Å². The Balaban J connectivity index is 1.52. The average Bonchev–Trinajstić information content (AvgIpc) is 3.07. The second kappa shape index (κ2) is 9.26. The number of unbranched alkanes of at least 4 members (excludes halogenated alkanes) is 1. The van der Waals surface area contributed by atoms with Gasteiger partial charge in [-0.1, -0.05) is 25.5 Å². The van der Waals surface area contributed by atoms with Crippen LogP contribution in [0, 0.1) is 0 Å². The molecule has 1 aliphatic rings. The molecular formula is C22H27N3O3. The summed E-state index contributed by atoms with van der Waals surface area (Å²) in [4.78, 5) is 26.3. The molecule has 6 nitrogen and oxygen atoms in total. The van der Waals surface area contributed by atoms with Crippen LogP contribution in [-0.4, -0.2) is 31.6 Å². The summed E-state index contributed by atoms with van der Waals surface area (Å²) in [6.07, 6.45) is 3.66. The molecule has 0 spiro atoms. The van der Waals surface area contributed by atoms with E-state index in [0.717, 1.165) is 36.4 Å². The van der Waals surface area contributed by atoms with Crippen LogP contribution >= 0.6 is 0 Å². The molecule has 148 valence electrons. The predicted molar refractivity (Wildman–Crippen MR) is 111 cm³/mol. The van der Waals surface area contributed by atoms with E-state index in [9.17, 15) is 9.59 Å². The number of nitrogens with one attached hydrogen (secondary N) is 2. The summed E-state index contributed by atoms with van der Waals surface area (Å²) in [5.41, 5.74) is 2.82. The highest BCUT2D eigenvalue weighted by Gasteiger charge is 2.31. The fourth-order valence-corrected chi connectivity index (χ4v) is 3.30. The molecule has 1 saturated heterocycles. The maximum atomic E-state index is 12.3. The van der Waals surface area contributed by atoms with Gasteiger partial charge in [0.2, 0.25) is 5.91 Å². The number of hydrogen-bond donors (Lipinski definition) is 2. The van der Waals surface area contributed by atoms with Gasteiger partial charge < -0.3 is 20.3 Å². The Morgan fingerprint density at radius 3 is 2.50 bits per heavy atom. The van der Waals surface area contributed by atoms with Gasteiger partial charge in [0.25, 0.3) is 0 Å². The van der Waals surface area contributed by atoms with Crippen molar-refractivity contribution >= 4 is 23.3 Å². The number of ether oxygens (including phenoxy) is 1. The first kappa shape index (κ1) is 19.7. The minimum absolute atomic E-state index is 0.00394. The van der Waals surface area contributed by atoms with Crippen LogP contribution in [0.4, 0.5) is 16.2 Å². The molecule has 0 unspecified atom stereocenters. The van der Waals surface area contributed by atoms with Crippen molar-refractivity contribution in [1.82, 2.24) is 5.32 Å². The molecule has 1 heterocycles. The molecule has 28 heavy (non-hydrogen) atoms. The number of amides is 3. The van der Waals surface area contributed by atoms with Gasteiger partial charge in [-0.05, 0) is 54.8 Å². The van der Waals surface area contributed by atoms with E-state index in [1.165, 1.54) is 5.56 Å². The van der Waals surface area contributed by atoms with Gasteiger partial charge in [0.1, 0.15) is 5.75 Å². The fourth-order valence-electron chi connectivity index (χ4n) is 3.30. The van der Waals surface area contributed by atoms with Crippen molar-refractivity contribution in [2.24, 2.45) is 0 Å². The summed E-state index contributed by atoms with van der Waals surface area (Å²) in [5, 5.41) is 5.73. The Morgan fingerprint density at radius 1 is 1.14 bits per heavy atom. The van der Waals surface area contributed by atoms with Gasteiger partial charge >= 0.3 is 6.03 Å². The quantitative estimate of drug-likeness (QED) is 0.762. The van der Waals surface area contributed by atoms with Crippen molar-refractivity contribution in [3.8, 4) is 5.75 Å². The van der Waals surface area contributed by atoms with Crippen LogP contribution in [-0.2, 0) is 11.2 Å². The Bertz CT molecular complexity index is 803. The van der Waals surface area contributed by atoms with Crippen LogP contribution < -0.4 is 20.3 Å². The van der Waals surface area contributed by atoms with Gasteiger partial charge in [-0.3, -0.25) is 4.79 Å². The Hall–Kier alpha value is -3.02. The number of nitrogens with zero attached hydrogens (tertiary/aromatic N) is 1. The molecule has 0 saturated carbocycles. The van der Waals surface area contributed by atoms with Crippen molar-refractivity contribution < 1.29 is 14.3 Å². The minimum atomic E-state index is -0.296. The number of anilines is 2. The molecule has 0 radical (unpaired) electrons. The fraction of sp³-hybridized carbons (Fsp3) is 0.364. The van der Waals surface area contributed by atoms with Crippen molar-refractivity contribution in [3.05, 3.63) is 54.1 Å². The number of carbonyl (C=O) groups excluding carboxylic acids is 2. The van der Waals surface area contributed by atoms with Crippen LogP contribution in [0.2, 0.25) is 0 Å². The van der Waals surface area contributed by atoms with Gasteiger partial charge in [-0.25, -0.2) is 4.79 Å². The summed E-state index contributed by atoms with van der Waals surface area (Å²) in [6, 6.07) is 14.7. The number of hydrogen-bond acceptors (Lipinski definition) is 3. The van der Waals surface area contributed by atoms with Gasteiger partial charge in [0.15, 0.2) is 0 Å². The number of methoxy groups -OCH3 is 1. The molecule has 0 aliphatic carbocycles. The molecule has 1 aliphatic heterocycles. The van der Waals surface area contributed by atoms with Crippen LogP contribution in [0.15, 0.2) is 48.5 Å². The maximum absolute atomic E-state index is 12.3. The average molecular weight is 381 g/mol. The van der Waals surface area contributed by atoms with Gasteiger partial charge in [-0.15, -0.1) is 0 Å². The predicted octanol–water partition coefficient (Wildman–Crippen LogP) is 3.96. The Kier molecular flexibility index (Phi) is 6.53. The lowest BCUT2D eigenvalue weighted by molar-refractivity contribution is -0.117. The van der Waals surface area contributed by atoms with E-state index in [0.29, 0.717) is 6.54 Å². The molecular weight excluding hydrogens is 354 g/mol. The molecule has 1 atom stereocenters. The van der Waals surface area contributed by atoms with E-state index in [1.54, 1.807) is 12.0 Å². The van der Waals surface area contributed by atoms with E-state index >= 15 is 0 Å². The topological polar surface area (TPSA) is 70.7 Å². The molecule has 1 fully saturated rings. The largest absolute Gasteiger partial charge is 0.497 e. The third-order valence-corrected chi connectivity index (χ3v) is 4.88. The maximum Gasteiger partial charge on any atom is 0.319 e. The summed E-state index contributed by atoms with van der Waals surface area (Å²) in [5.74, 6) is 0.737. The van der Waals surface area contributed by atoms with Crippen LogP contribution in [0.3, 0.4) is 0 Å². The number of aryl methyl sites for hydroxylation is 1. The molecule has 3 rings (SSSR count). The number of urea groups is 1. The number of rotatable bonds is 7. The zero-order chi connectivity index (χ0) is 19.9. The van der Waals surface area contributed by atoms with E-state index in [-0.39, 0.29) is 24.4 Å². The molecule has 0 bridgehead atoms. The van der Waals surface area contributed by atoms with Gasteiger partial charge in [-0.2, -0.15) is 0 Å². The lowest BCUT2D eigenvalue weighted by Crippen LogP contribution is -2.39. The first-order valence-electron chi connectivity index (χ1n) is 9.70. The van der Waals surface area contributed by atoms with E-state index < -0.39 is 0 Å². The third kappa shape index (κ3) is 5.03. The van der Waals surface area contributed by atoms with Crippen molar-refractivity contribution in [1.29, 1.82) is 0 Å². The van der Waals surface area contributed by atoms with Crippen molar-refractivity contribution in [3.63, 3.8) is 0 Å². The van der Waals surface area contributed by atoms with E-state index in [4.69, 9.17) is 4.74 Å². The van der Waals surface area contributed by atoms with Crippen molar-refractivity contribution in [2.45, 2.75) is 38.6 Å². The highest BCUT2D eigenvalue weighted by molar-refractivity contribution is 5.97. The molecule has 2 aromatic rings. The highest BCUT2D eigenvalue weighted by atomic mass is 16.5. The first-order chi connectivity index (χ1) is 13.6. The molecule has 2 aromatic carbocycles. The number of carbonyl (C=O) groups is 2. The summed E-state index contributed by atoms with van der Waals surface area (Å²) < 4.78 is 5.15. The Labute approximate surface area is 165 Å². The zero-order valence-electron chi connectivity index (χ0n) is 16.4. The molecule has 3 amide bonds. The Morgan fingerprint density at radius 2 is 1.86 bits per heavy atom. The monoisotopic (exact) mass is 381 g/mol. The second-order valence-corrected chi connectivity index (χ2v) is 7.00. The zero-order valence-corrected chi connectivity index (χ0v) is 16.4. The van der Waals surface area contributed by atoms with Crippen LogP contribution in [0.1, 0.15) is 31.7 Å².